The molecule has 1 heterocycles. The van der Waals surface area contributed by atoms with Crippen LogP contribution in [0.2, 0.25) is 5.02 Å². The number of nitrogens with two attached hydrogens (primary N) is 1. The number of aromatic nitrogens is 2. The zero-order valence-corrected chi connectivity index (χ0v) is 18.0. The van der Waals surface area contributed by atoms with Crippen LogP contribution in [0.15, 0.2) is 42.5 Å². The number of anilines is 4. The summed E-state index contributed by atoms with van der Waals surface area (Å²) in [7, 11) is 0. The third kappa shape index (κ3) is 5.39. The largest absolute Gasteiger partial charge is 0.383 e. The van der Waals surface area contributed by atoms with Gasteiger partial charge in [0.05, 0.1) is 5.69 Å². The highest BCUT2D eigenvalue weighted by atomic mass is 35.5. The van der Waals surface area contributed by atoms with E-state index >= 15 is 0 Å². The van der Waals surface area contributed by atoms with E-state index in [1.54, 1.807) is 0 Å². The molecule has 2 aromatic carbocycles. The first-order valence-corrected chi connectivity index (χ1v) is 9.97. The van der Waals surface area contributed by atoms with Crippen LogP contribution in [0, 0.1) is 13.8 Å². The molecule has 3 aromatic rings. The summed E-state index contributed by atoms with van der Waals surface area (Å²) in [6, 6.07) is 13.4. The van der Waals surface area contributed by atoms with E-state index < -0.39 is 0 Å². The van der Waals surface area contributed by atoms with Crippen LogP contribution in [0.5, 0.6) is 0 Å². The molecule has 1 aromatic heterocycles. The number of nitrogens with one attached hydrogen (secondary N) is 3. The van der Waals surface area contributed by atoms with E-state index in [4.69, 9.17) is 17.3 Å². The second-order valence-corrected chi connectivity index (χ2v) is 7.38. The van der Waals surface area contributed by atoms with Gasteiger partial charge < -0.3 is 21.7 Å². The van der Waals surface area contributed by atoms with Gasteiger partial charge in [-0.05, 0) is 49.2 Å². The molecule has 0 aliphatic heterocycles. The quantitative estimate of drug-likeness (QED) is 0.417. The number of nitrogen functional groups attached to an aromatic ring is 1. The Morgan fingerprint density at radius 3 is 2.57 bits per heavy atom. The number of nitrogens with zero attached hydrogens (tertiary/aromatic N) is 2. The van der Waals surface area contributed by atoms with Gasteiger partial charge in [0.1, 0.15) is 5.82 Å². The fraction of sp³-hybridized carbons (Fsp3) is 0.227. The summed E-state index contributed by atoms with van der Waals surface area (Å²) in [5, 5.41) is 10.1. The van der Waals surface area contributed by atoms with Gasteiger partial charge in [0.25, 0.3) is 0 Å². The smallest absolute Gasteiger partial charge is 0.222 e. The lowest BCUT2D eigenvalue weighted by molar-refractivity contribution is -0.114. The molecule has 156 valence electrons. The first kappa shape index (κ1) is 21.4. The van der Waals surface area contributed by atoms with Crippen molar-refractivity contribution < 1.29 is 4.79 Å². The molecule has 0 unspecified atom stereocenters. The molecule has 30 heavy (non-hydrogen) atoms. The highest BCUT2D eigenvalue weighted by molar-refractivity contribution is 6.31. The number of aryl methyl sites for hydroxylation is 1. The lowest BCUT2D eigenvalue weighted by atomic mass is 10.1. The third-order valence-electron chi connectivity index (χ3n) is 4.58. The average Bonchev–Trinajstić information content (AvgIpc) is 2.68. The monoisotopic (exact) mass is 424 g/mol. The van der Waals surface area contributed by atoms with E-state index in [0.717, 1.165) is 33.8 Å². The first-order valence-electron chi connectivity index (χ1n) is 9.59. The van der Waals surface area contributed by atoms with Gasteiger partial charge in [-0.15, -0.1) is 0 Å². The number of amides is 1. The molecular weight excluding hydrogens is 400 g/mol. The van der Waals surface area contributed by atoms with Crippen LogP contribution in [0.25, 0.3) is 11.3 Å². The van der Waals surface area contributed by atoms with Crippen LogP contribution in [0.1, 0.15) is 18.1 Å². The van der Waals surface area contributed by atoms with Gasteiger partial charge in [0.15, 0.2) is 0 Å². The van der Waals surface area contributed by atoms with Crippen LogP contribution >= 0.6 is 11.6 Å². The number of halogens is 1. The summed E-state index contributed by atoms with van der Waals surface area (Å²) < 4.78 is 0. The van der Waals surface area contributed by atoms with E-state index in [0.29, 0.717) is 23.9 Å². The molecule has 8 heteroatoms. The van der Waals surface area contributed by atoms with Crippen molar-refractivity contribution in [2.45, 2.75) is 20.8 Å². The van der Waals surface area contributed by atoms with E-state index in [1.807, 2.05) is 56.3 Å². The predicted molar refractivity (Wildman–Crippen MR) is 124 cm³/mol. The van der Waals surface area contributed by atoms with Crippen molar-refractivity contribution in [2.24, 2.45) is 0 Å². The first-order chi connectivity index (χ1) is 14.3. The van der Waals surface area contributed by atoms with E-state index in [2.05, 4.69) is 25.9 Å². The maximum Gasteiger partial charge on any atom is 0.222 e. The highest BCUT2D eigenvalue weighted by Crippen LogP contribution is 2.28. The van der Waals surface area contributed by atoms with Crippen molar-refractivity contribution >= 4 is 40.6 Å². The SMILES string of the molecule is CC(=O)Nc1ccc(NCCNc2cc(-c3cccc(Cl)c3C)nc(N)n2)cc1C. The number of carbonyl (C=O) groups excluding carboxylic acids is 1. The minimum absolute atomic E-state index is 0.0838. The molecule has 7 nitrogen and oxygen atoms in total. The topological polar surface area (TPSA) is 105 Å². The predicted octanol–water partition coefficient (Wildman–Crippen LogP) is 4.48. The summed E-state index contributed by atoms with van der Waals surface area (Å²) in [6.45, 7) is 6.71. The molecule has 0 saturated heterocycles. The maximum absolute atomic E-state index is 11.2. The van der Waals surface area contributed by atoms with Gasteiger partial charge in [0.2, 0.25) is 11.9 Å². The van der Waals surface area contributed by atoms with Crippen molar-refractivity contribution in [3.63, 3.8) is 0 Å². The Morgan fingerprint density at radius 1 is 1.07 bits per heavy atom. The number of rotatable bonds is 7. The molecule has 5 N–H and O–H groups in total. The molecular formula is C22H25ClN6O. The molecule has 3 rings (SSSR count). The highest BCUT2D eigenvalue weighted by Gasteiger charge is 2.09. The van der Waals surface area contributed by atoms with Gasteiger partial charge in [-0.25, -0.2) is 4.98 Å². The molecule has 0 aliphatic carbocycles. The zero-order valence-electron chi connectivity index (χ0n) is 17.2. The summed E-state index contributed by atoms with van der Waals surface area (Å²) >= 11 is 6.23. The molecule has 0 spiro atoms. The third-order valence-corrected chi connectivity index (χ3v) is 4.99. The van der Waals surface area contributed by atoms with E-state index in [-0.39, 0.29) is 11.9 Å². The van der Waals surface area contributed by atoms with Gasteiger partial charge in [-0.3, -0.25) is 4.79 Å². The molecule has 0 saturated carbocycles. The molecule has 0 aliphatic rings. The number of benzene rings is 2. The van der Waals surface area contributed by atoms with Gasteiger partial charge in [-0.2, -0.15) is 4.98 Å². The van der Waals surface area contributed by atoms with Crippen molar-refractivity contribution in [3.8, 4) is 11.3 Å². The maximum atomic E-state index is 11.2. The zero-order chi connectivity index (χ0) is 21.7. The Labute approximate surface area is 181 Å². The van der Waals surface area contributed by atoms with Crippen molar-refractivity contribution in [1.29, 1.82) is 0 Å². The molecule has 0 atom stereocenters. The average molecular weight is 425 g/mol. The van der Waals surface area contributed by atoms with Crippen LogP contribution in [0.3, 0.4) is 0 Å². The second-order valence-electron chi connectivity index (χ2n) is 6.97. The van der Waals surface area contributed by atoms with Gasteiger partial charge in [-0.1, -0.05) is 23.7 Å². The molecule has 0 bridgehead atoms. The van der Waals surface area contributed by atoms with Crippen molar-refractivity contribution in [2.75, 3.05) is 34.8 Å². The Morgan fingerprint density at radius 2 is 1.83 bits per heavy atom. The Balaban J connectivity index is 1.61. The van der Waals surface area contributed by atoms with Crippen molar-refractivity contribution in [3.05, 3.63) is 58.6 Å². The summed E-state index contributed by atoms with van der Waals surface area (Å²) in [5.74, 6) is 0.766. The second kappa shape index (κ2) is 9.45. The van der Waals surface area contributed by atoms with Gasteiger partial charge >= 0.3 is 0 Å². The number of carbonyl (C=O) groups is 1. The minimum Gasteiger partial charge on any atom is -0.383 e. The Kier molecular flexibility index (Phi) is 6.74. The van der Waals surface area contributed by atoms with E-state index in [1.165, 1.54) is 6.92 Å². The fourth-order valence-corrected chi connectivity index (χ4v) is 3.25. The summed E-state index contributed by atoms with van der Waals surface area (Å²) in [5.41, 5.74) is 11.3. The lowest BCUT2D eigenvalue weighted by Gasteiger charge is -2.13. The van der Waals surface area contributed by atoms with E-state index in [9.17, 15) is 4.79 Å². The fourth-order valence-electron chi connectivity index (χ4n) is 3.08. The Hall–Kier alpha value is -3.32. The van der Waals surface area contributed by atoms with Crippen molar-refractivity contribution in [1.82, 2.24) is 9.97 Å². The number of hydrogen-bond acceptors (Lipinski definition) is 6. The summed E-state index contributed by atoms with van der Waals surface area (Å²) in [4.78, 5) is 19.8. The normalized spacial score (nSPS) is 10.5. The number of hydrogen-bond donors (Lipinski definition) is 4. The standard InChI is InChI=1S/C22H25ClN6O/c1-13-11-16(7-8-19(13)27-15(3)30)25-9-10-26-21-12-20(28-22(24)29-21)17-5-4-6-18(23)14(17)2/h4-8,11-12,25H,9-10H2,1-3H3,(H,27,30)(H3,24,26,28,29). The van der Waals surface area contributed by atoms with Crippen LogP contribution < -0.4 is 21.7 Å². The summed E-state index contributed by atoms with van der Waals surface area (Å²) in [6.07, 6.45) is 0. The van der Waals surface area contributed by atoms with Crippen LogP contribution in [0.4, 0.5) is 23.1 Å². The van der Waals surface area contributed by atoms with Gasteiger partial charge in [0, 0.05) is 48.0 Å². The Bertz CT molecular complexity index is 1070. The van der Waals surface area contributed by atoms with Crippen LogP contribution in [-0.2, 0) is 4.79 Å². The molecule has 0 fully saturated rings. The minimum atomic E-state index is -0.0838. The molecule has 0 radical (unpaired) electrons. The molecule has 1 amide bonds. The van der Waals surface area contributed by atoms with Crippen LogP contribution in [-0.4, -0.2) is 29.0 Å². The lowest BCUT2D eigenvalue weighted by Crippen LogP contribution is -2.15.